The van der Waals surface area contributed by atoms with E-state index in [1.165, 1.54) is 0 Å². The maximum Gasteiger partial charge on any atom is 0.258 e. The zero-order chi connectivity index (χ0) is 18.6. The van der Waals surface area contributed by atoms with Gasteiger partial charge in [-0.1, -0.05) is 12.1 Å². The molecule has 27 heavy (non-hydrogen) atoms. The first-order valence-electron chi connectivity index (χ1n) is 10.1. The molecule has 1 saturated heterocycles. The highest BCUT2D eigenvalue weighted by Gasteiger charge is 2.57. The van der Waals surface area contributed by atoms with Gasteiger partial charge in [-0.25, -0.2) is 0 Å². The number of fused-ring (bicyclic) bond motifs is 3. The first kappa shape index (κ1) is 17.0. The van der Waals surface area contributed by atoms with Crippen molar-refractivity contribution in [1.29, 1.82) is 0 Å². The summed E-state index contributed by atoms with van der Waals surface area (Å²) in [5, 5.41) is 12.8. The molecule has 0 aromatic heterocycles. The molecule has 1 aromatic carbocycles. The minimum absolute atomic E-state index is 0.0160. The van der Waals surface area contributed by atoms with Crippen molar-refractivity contribution in [3.8, 4) is 5.75 Å². The van der Waals surface area contributed by atoms with Gasteiger partial charge in [0.2, 0.25) is 5.91 Å². The van der Waals surface area contributed by atoms with Gasteiger partial charge in [0.15, 0.2) is 5.72 Å². The number of likely N-dealkylation sites (tertiary alicyclic amines) is 1. The number of hydrogen-bond donors (Lipinski definition) is 2. The van der Waals surface area contributed by atoms with Crippen LogP contribution < -0.4 is 10.1 Å². The van der Waals surface area contributed by atoms with Crippen LogP contribution in [0.15, 0.2) is 24.3 Å². The standard InChI is InChI=1S/C21H26N2O4/c24-15-7-9-23(10-8-15)20(26)17-11-14-6-5-13(17)12-21(14)22-19(25)16-3-1-2-4-18(16)27-21/h1-4,13-15,17,24H,5-12H2,(H,22,25)/t13-,14+,17-,21-/m0/s1. The van der Waals surface area contributed by atoms with E-state index in [9.17, 15) is 14.7 Å². The summed E-state index contributed by atoms with van der Waals surface area (Å²) >= 11 is 0. The molecule has 2 bridgehead atoms. The molecular weight excluding hydrogens is 344 g/mol. The molecule has 6 rings (SSSR count). The van der Waals surface area contributed by atoms with Gasteiger partial charge in [0.25, 0.3) is 5.91 Å². The molecule has 4 fully saturated rings. The lowest BCUT2D eigenvalue weighted by atomic mass is 9.59. The molecule has 3 saturated carbocycles. The summed E-state index contributed by atoms with van der Waals surface area (Å²) in [6.45, 7) is 1.30. The van der Waals surface area contributed by atoms with Crippen molar-refractivity contribution >= 4 is 11.8 Å². The zero-order valence-electron chi connectivity index (χ0n) is 15.4. The van der Waals surface area contributed by atoms with Crippen LogP contribution >= 0.6 is 0 Å². The summed E-state index contributed by atoms with van der Waals surface area (Å²) in [6.07, 6.45) is 4.54. The van der Waals surface area contributed by atoms with Crippen LogP contribution in [0.2, 0.25) is 0 Å². The second kappa shape index (κ2) is 6.23. The van der Waals surface area contributed by atoms with Gasteiger partial charge in [0.1, 0.15) is 5.75 Å². The predicted molar refractivity (Wildman–Crippen MR) is 98.0 cm³/mol. The van der Waals surface area contributed by atoms with Crippen LogP contribution in [0, 0.1) is 17.8 Å². The second-order valence-electron chi connectivity index (χ2n) is 8.58. The minimum atomic E-state index is -0.663. The number of piperidine rings is 1. The normalized spacial score (nSPS) is 35.5. The first-order valence-corrected chi connectivity index (χ1v) is 10.1. The number of carbonyl (C=O) groups is 2. The van der Waals surface area contributed by atoms with Gasteiger partial charge in [0.05, 0.1) is 11.7 Å². The van der Waals surface area contributed by atoms with Crippen molar-refractivity contribution in [3.05, 3.63) is 29.8 Å². The monoisotopic (exact) mass is 370 g/mol. The van der Waals surface area contributed by atoms with Gasteiger partial charge >= 0.3 is 0 Å². The number of nitrogens with one attached hydrogen (secondary N) is 1. The lowest BCUT2D eigenvalue weighted by Gasteiger charge is -2.55. The molecule has 0 unspecified atom stereocenters. The molecule has 2 N–H and O–H groups in total. The van der Waals surface area contributed by atoms with Crippen LogP contribution in [0.4, 0.5) is 0 Å². The number of nitrogens with zero attached hydrogens (tertiary/aromatic N) is 1. The van der Waals surface area contributed by atoms with Crippen molar-refractivity contribution < 1.29 is 19.4 Å². The van der Waals surface area contributed by atoms with Gasteiger partial charge in [0, 0.05) is 31.3 Å². The average Bonchev–Trinajstić information content (AvgIpc) is 2.68. The summed E-state index contributed by atoms with van der Waals surface area (Å²) in [6, 6.07) is 7.38. The van der Waals surface area contributed by atoms with Gasteiger partial charge in [-0.3, -0.25) is 9.59 Å². The van der Waals surface area contributed by atoms with E-state index < -0.39 is 5.72 Å². The molecule has 2 amide bonds. The maximum atomic E-state index is 13.1. The molecule has 144 valence electrons. The third kappa shape index (κ3) is 2.73. The number of amides is 2. The molecule has 1 spiro atoms. The third-order valence-corrected chi connectivity index (χ3v) is 7.06. The van der Waals surface area contributed by atoms with Gasteiger partial charge < -0.3 is 20.1 Å². The Kier molecular flexibility index (Phi) is 3.93. The highest BCUT2D eigenvalue weighted by Crippen LogP contribution is 2.52. The fourth-order valence-corrected chi connectivity index (χ4v) is 5.58. The largest absolute Gasteiger partial charge is 0.467 e. The molecular formula is C21H26N2O4. The topological polar surface area (TPSA) is 78.9 Å². The van der Waals surface area contributed by atoms with Crippen molar-refractivity contribution in [1.82, 2.24) is 10.2 Å². The smallest absolute Gasteiger partial charge is 0.258 e. The molecule has 2 heterocycles. The van der Waals surface area contributed by atoms with Crippen LogP contribution in [0.5, 0.6) is 5.75 Å². The molecule has 0 radical (unpaired) electrons. The van der Waals surface area contributed by atoms with E-state index in [2.05, 4.69) is 5.32 Å². The lowest BCUT2D eigenvalue weighted by molar-refractivity contribution is -0.157. The van der Waals surface area contributed by atoms with Crippen molar-refractivity contribution in [3.63, 3.8) is 0 Å². The number of aliphatic hydroxyl groups is 1. The summed E-state index contributed by atoms with van der Waals surface area (Å²) in [7, 11) is 0. The Balaban J connectivity index is 1.35. The van der Waals surface area contributed by atoms with Crippen LogP contribution in [0.1, 0.15) is 48.9 Å². The summed E-state index contributed by atoms with van der Waals surface area (Å²) in [4.78, 5) is 27.7. The number of rotatable bonds is 1. The van der Waals surface area contributed by atoms with Gasteiger partial charge in [-0.2, -0.15) is 0 Å². The van der Waals surface area contributed by atoms with Gasteiger partial charge in [-0.15, -0.1) is 0 Å². The summed E-state index contributed by atoms with van der Waals surface area (Å²) in [5.41, 5.74) is -0.0764. The molecule has 4 atom stereocenters. The van der Waals surface area contributed by atoms with Crippen LogP contribution in [-0.4, -0.2) is 46.7 Å². The highest BCUT2D eigenvalue weighted by atomic mass is 16.5. The zero-order valence-corrected chi connectivity index (χ0v) is 15.4. The number of benzene rings is 1. The van der Waals surface area contributed by atoms with Gasteiger partial charge in [-0.05, 0) is 50.2 Å². The van der Waals surface area contributed by atoms with E-state index in [0.717, 1.165) is 19.3 Å². The van der Waals surface area contributed by atoms with Crippen LogP contribution in [0.3, 0.4) is 0 Å². The third-order valence-electron chi connectivity index (χ3n) is 7.06. The summed E-state index contributed by atoms with van der Waals surface area (Å²) < 4.78 is 6.36. The Morgan fingerprint density at radius 3 is 2.70 bits per heavy atom. The fraction of sp³-hybridized carbons (Fsp3) is 0.619. The minimum Gasteiger partial charge on any atom is -0.467 e. The Hall–Kier alpha value is -2.08. The summed E-state index contributed by atoms with van der Waals surface area (Å²) in [5.74, 6) is 1.22. The van der Waals surface area contributed by atoms with Crippen molar-refractivity contribution in [2.24, 2.45) is 17.8 Å². The van der Waals surface area contributed by atoms with E-state index in [1.54, 1.807) is 6.07 Å². The van der Waals surface area contributed by atoms with E-state index >= 15 is 0 Å². The fourth-order valence-electron chi connectivity index (χ4n) is 5.58. The Bertz CT molecular complexity index is 773. The number of hydrogen-bond acceptors (Lipinski definition) is 4. The molecule has 1 aromatic rings. The van der Waals surface area contributed by atoms with E-state index in [0.29, 0.717) is 43.7 Å². The van der Waals surface area contributed by atoms with Crippen molar-refractivity contribution in [2.45, 2.75) is 50.4 Å². The molecule has 2 aliphatic heterocycles. The molecule has 5 aliphatic rings. The lowest BCUT2D eigenvalue weighted by Crippen LogP contribution is -2.67. The highest BCUT2D eigenvalue weighted by molar-refractivity contribution is 5.98. The number of ether oxygens (including phenoxy) is 1. The molecule has 6 nitrogen and oxygen atoms in total. The average molecular weight is 370 g/mol. The maximum absolute atomic E-state index is 13.1. The van der Waals surface area contributed by atoms with E-state index in [1.807, 2.05) is 23.1 Å². The number of aliphatic hydroxyl groups excluding tert-OH is 1. The second-order valence-corrected chi connectivity index (χ2v) is 8.58. The predicted octanol–water partition coefficient (Wildman–Crippen LogP) is 1.92. The van der Waals surface area contributed by atoms with E-state index in [-0.39, 0.29) is 35.7 Å². The number of para-hydroxylation sites is 1. The quantitative estimate of drug-likeness (QED) is 0.792. The van der Waals surface area contributed by atoms with Crippen LogP contribution in [-0.2, 0) is 4.79 Å². The SMILES string of the molecule is O=C1N[C@@]2(C[C@@H]3CC[C@@H]2C[C@@H]3C(=O)N2CCC(O)CC2)Oc2ccccc21. The van der Waals surface area contributed by atoms with E-state index in [4.69, 9.17) is 4.74 Å². The molecule has 6 heteroatoms. The Labute approximate surface area is 158 Å². The Morgan fingerprint density at radius 1 is 1.19 bits per heavy atom. The Morgan fingerprint density at radius 2 is 1.96 bits per heavy atom. The van der Waals surface area contributed by atoms with Crippen LogP contribution in [0.25, 0.3) is 0 Å². The number of carbonyl (C=O) groups excluding carboxylic acids is 2. The van der Waals surface area contributed by atoms with Crippen molar-refractivity contribution in [2.75, 3.05) is 13.1 Å². The molecule has 3 aliphatic carbocycles. The first-order chi connectivity index (χ1) is 13.1.